The van der Waals surface area contributed by atoms with Crippen LogP contribution in [0.5, 0.6) is 0 Å². The smallest absolute Gasteiger partial charge is 0.322 e. The minimum absolute atomic E-state index is 0.119. The normalized spacial score (nSPS) is 32.3. The number of carbonyl (C=O) groups is 1. The highest BCUT2D eigenvalue weighted by Gasteiger charge is 2.42. The lowest BCUT2D eigenvalue weighted by Gasteiger charge is -2.17. The molecule has 2 nitrogen and oxygen atoms in total. The Hall–Kier alpha value is 0.170. The van der Waals surface area contributed by atoms with E-state index in [9.17, 15) is 4.79 Å². The summed E-state index contributed by atoms with van der Waals surface area (Å²) in [6.45, 7) is 3.95. The molecule has 0 aliphatic carbocycles. The van der Waals surface area contributed by atoms with Crippen LogP contribution < -0.4 is 0 Å². The van der Waals surface area contributed by atoms with Crippen molar-refractivity contribution in [3.05, 3.63) is 4.58 Å². The maximum absolute atomic E-state index is 11.2. The van der Waals surface area contributed by atoms with E-state index in [1.165, 1.54) is 11.7 Å². The standard InChI is InChI=1S/C7H11O2S2/c1-5-10-4-7(2,11-5)6(8)9-3/h4H2,1-3H3. The predicted octanol–water partition coefficient (Wildman–Crippen LogP) is 1.91. The molecule has 1 saturated heterocycles. The first-order chi connectivity index (χ1) is 5.08. The Labute approximate surface area is 75.4 Å². The number of carbonyl (C=O) groups excluding carboxylic acids is 1. The van der Waals surface area contributed by atoms with Crippen LogP contribution in [0, 0.1) is 4.58 Å². The summed E-state index contributed by atoms with van der Waals surface area (Å²) in [4.78, 5) is 11.2. The van der Waals surface area contributed by atoms with Crippen LogP contribution in [-0.4, -0.2) is 23.6 Å². The molecule has 0 amide bonds. The van der Waals surface area contributed by atoms with Crippen molar-refractivity contribution < 1.29 is 9.53 Å². The SMILES string of the molecule is COC(=O)C1(C)CS[C](C)S1. The molecule has 1 fully saturated rings. The molecule has 0 aromatic heterocycles. The van der Waals surface area contributed by atoms with Gasteiger partial charge in [-0.15, -0.1) is 23.5 Å². The van der Waals surface area contributed by atoms with Crippen molar-refractivity contribution in [2.45, 2.75) is 18.6 Å². The maximum Gasteiger partial charge on any atom is 0.322 e. The van der Waals surface area contributed by atoms with Gasteiger partial charge in [0.25, 0.3) is 0 Å². The molecule has 1 aliphatic heterocycles. The number of hydrogen-bond acceptors (Lipinski definition) is 4. The van der Waals surface area contributed by atoms with Gasteiger partial charge in [-0.25, -0.2) is 0 Å². The van der Waals surface area contributed by atoms with Crippen LogP contribution in [0.2, 0.25) is 0 Å². The van der Waals surface area contributed by atoms with Crippen LogP contribution in [0.3, 0.4) is 0 Å². The minimum Gasteiger partial charge on any atom is -0.468 e. The van der Waals surface area contributed by atoms with Crippen molar-refractivity contribution in [2.75, 3.05) is 12.9 Å². The van der Waals surface area contributed by atoms with Gasteiger partial charge in [-0.3, -0.25) is 4.79 Å². The van der Waals surface area contributed by atoms with E-state index in [1.807, 2.05) is 13.8 Å². The van der Waals surface area contributed by atoms with Crippen molar-refractivity contribution in [3.63, 3.8) is 0 Å². The summed E-state index contributed by atoms with van der Waals surface area (Å²) >= 11 is 3.33. The van der Waals surface area contributed by atoms with Gasteiger partial charge in [0.2, 0.25) is 0 Å². The number of thioether (sulfide) groups is 2. The van der Waals surface area contributed by atoms with E-state index in [1.54, 1.807) is 23.5 Å². The molecule has 1 radical (unpaired) electrons. The Kier molecular flexibility index (Phi) is 2.75. The summed E-state index contributed by atoms with van der Waals surface area (Å²) < 4.78 is 5.60. The molecule has 1 unspecified atom stereocenters. The molecule has 0 N–H and O–H groups in total. The Morgan fingerprint density at radius 2 is 2.36 bits per heavy atom. The molecule has 0 aromatic rings. The molecule has 0 saturated carbocycles. The third kappa shape index (κ3) is 1.85. The highest BCUT2D eigenvalue weighted by atomic mass is 32.2. The van der Waals surface area contributed by atoms with Crippen molar-refractivity contribution in [3.8, 4) is 0 Å². The lowest BCUT2D eigenvalue weighted by molar-refractivity contribution is -0.142. The second-order valence-electron chi connectivity index (χ2n) is 2.60. The number of hydrogen-bond donors (Lipinski definition) is 0. The van der Waals surface area contributed by atoms with E-state index < -0.39 is 0 Å². The largest absolute Gasteiger partial charge is 0.468 e. The molecule has 11 heavy (non-hydrogen) atoms. The first-order valence-electron chi connectivity index (χ1n) is 3.32. The van der Waals surface area contributed by atoms with E-state index >= 15 is 0 Å². The van der Waals surface area contributed by atoms with Crippen LogP contribution in [-0.2, 0) is 9.53 Å². The van der Waals surface area contributed by atoms with Crippen LogP contribution in [0.15, 0.2) is 0 Å². The minimum atomic E-state index is -0.344. The Morgan fingerprint density at radius 3 is 2.73 bits per heavy atom. The van der Waals surface area contributed by atoms with Gasteiger partial charge in [-0.05, 0) is 13.8 Å². The van der Waals surface area contributed by atoms with Gasteiger partial charge in [0.05, 0.1) is 11.7 Å². The second-order valence-corrected chi connectivity index (χ2v) is 5.77. The third-order valence-corrected chi connectivity index (χ3v) is 4.50. The zero-order chi connectivity index (χ0) is 8.48. The number of methoxy groups -OCH3 is 1. The van der Waals surface area contributed by atoms with Crippen LogP contribution >= 0.6 is 23.5 Å². The average Bonchev–Trinajstić information content (AvgIpc) is 2.31. The lowest BCUT2D eigenvalue weighted by atomic mass is 10.2. The van der Waals surface area contributed by atoms with E-state index in [0.29, 0.717) is 0 Å². The van der Waals surface area contributed by atoms with Crippen LogP contribution in [0.1, 0.15) is 13.8 Å². The fraction of sp³-hybridized carbons (Fsp3) is 0.714. The molecular formula is C7H11O2S2. The third-order valence-electron chi connectivity index (χ3n) is 1.54. The van der Waals surface area contributed by atoms with Gasteiger partial charge in [0.1, 0.15) is 4.75 Å². The van der Waals surface area contributed by atoms with Crippen molar-refractivity contribution >= 4 is 29.5 Å². The van der Waals surface area contributed by atoms with Gasteiger partial charge in [0.15, 0.2) is 0 Å². The van der Waals surface area contributed by atoms with E-state index in [4.69, 9.17) is 4.74 Å². The first-order valence-corrected chi connectivity index (χ1v) is 5.12. The molecule has 0 bridgehead atoms. The quantitative estimate of drug-likeness (QED) is 0.591. The summed E-state index contributed by atoms with van der Waals surface area (Å²) in [6, 6.07) is 0. The summed E-state index contributed by atoms with van der Waals surface area (Å²) in [5.41, 5.74) is 0. The maximum atomic E-state index is 11.2. The van der Waals surface area contributed by atoms with Crippen LogP contribution in [0.4, 0.5) is 0 Å². The monoisotopic (exact) mass is 191 g/mol. The molecule has 63 valence electrons. The van der Waals surface area contributed by atoms with Crippen molar-refractivity contribution in [1.82, 2.24) is 0 Å². The number of ether oxygens (including phenoxy) is 1. The zero-order valence-electron chi connectivity index (χ0n) is 6.84. The number of esters is 1. The van der Waals surface area contributed by atoms with Gasteiger partial charge in [0, 0.05) is 5.75 Å². The molecule has 0 aromatic carbocycles. The molecule has 1 rings (SSSR count). The van der Waals surface area contributed by atoms with Gasteiger partial charge in [-0.2, -0.15) is 0 Å². The average molecular weight is 191 g/mol. The fourth-order valence-electron chi connectivity index (χ4n) is 0.932. The second kappa shape index (κ2) is 3.27. The van der Waals surface area contributed by atoms with Crippen molar-refractivity contribution in [1.29, 1.82) is 0 Å². The van der Waals surface area contributed by atoms with E-state index in [0.717, 1.165) is 5.75 Å². The highest BCUT2D eigenvalue weighted by molar-refractivity contribution is 8.24. The van der Waals surface area contributed by atoms with Gasteiger partial charge in [-0.1, -0.05) is 0 Å². The molecule has 0 spiro atoms. The van der Waals surface area contributed by atoms with Gasteiger partial charge < -0.3 is 4.74 Å². The van der Waals surface area contributed by atoms with Gasteiger partial charge >= 0.3 is 5.97 Å². The zero-order valence-corrected chi connectivity index (χ0v) is 8.47. The number of rotatable bonds is 1. The van der Waals surface area contributed by atoms with Crippen LogP contribution in [0.25, 0.3) is 0 Å². The molecule has 1 heterocycles. The van der Waals surface area contributed by atoms with E-state index in [2.05, 4.69) is 0 Å². The fourth-order valence-corrected chi connectivity index (χ4v) is 3.71. The molecule has 4 heteroatoms. The van der Waals surface area contributed by atoms with Crippen molar-refractivity contribution in [2.24, 2.45) is 0 Å². The summed E-state index contributed by atoms with van der Waals surface area (Å²) in [7, 11) is 1.44. The first kappa shape index (κ1) is 9.26. The molecule has 1 atom stereocenters. The summed E-state index contributed by atoms with van der Waals surface area (Å²) in [6.07, 6.45) is 0. The predicted molar refractivity (Wildman–Crippen MR) is 49.4 cm³/mol. The Morgan fingerprint density at radius 1 is 1.73 bits per heavy atom. The summed E-state index contributed by atoms with van der Waals surface area (Å²) in [5.74, 6) is 0.711. The van der Waals surface area contributed by atoms with E-state index in [-0.39, 0.29) is 10.7 Å². The Balaban J connectivity index is 2.61. The molecular weight excluding hydrogens is 180 g/mol. The topological polar surface area (TPSA) is 26.3 Å². The molecule has 1 aliphatic rings. The highest BCUT2D eigenvalue weighted by Crippen LogP contribution is 2.50. The lowest BCUT2D eigenvalue weighted by Crippen LogP contribution is -2.32. The Bertz CT molecular complexity index is 172. The summed E-state index contributed by atoms with van der Waals surface area (Å²) in [5, 5.41) is 0.